The molecule has 5 nitrogen and oxygen atoms in total. The third-order valence-electron chi connectivity index (χ3n) is 4.18. The number of aromatic nitrogens is 2. The fourth-order valence-electron chi connectivity index (χ4n) is 2.94. The maximum atomic E-state index is 8.83. The summed E-state index contributed by atoms with van der Waals surface area (Å²) in [7, 11) is 0. The van der Waals surface area contributed by atoms with E-state index in [1.807, 2.05) is 25.1 Å². The highest BCUT2D eigenvalue weighted by molar-refractivity contribution is 5.49. The van der Waals surface area contributed by atoms with Gasteiger partial charge in [-0.25, -0.2) is 9.97 Å². The van der Waals surface area contributed by atoms with E-state index in [4.69, 9.17) is 5.26 Å². The van der Waals surface area contributed by atoms with Crippen molar-refractivity contribution in [2.24, 2.45) is 0 Å². The van der Waals surface area contributed by atoms with Crippen molar-refractivity contribution in [1.82, 2.24) is 9.97 Å². The molecule has 1 aliphatic heterocycles. The zero-order chi connectivity index (χ0) is 16.1. The van der Waals surface area contributed by atoms with Crippen molar-refractivity contribution in [2.45, 2.75) is 32.2 Å². The summed E-state index contributed by atoms with van der Waals surface area (Å²) in [5, 5.41) is 12.3. The first-order chi connectivity index (χ1) is 11.2. The molecule has 1 saturated heterocycles. The molecule has 0 aliphatic carbocycles. The SMILES string of the molecule is Cc1ccnc(NC2CCN(c3cccc(CC#N)c3)CC2)n1. The van der Waals surface area contributed by atoms with E-state index in [9.17, 15) is 0 Å². The van der Waals surface area contributed by atoms with Gasteiger partial charge in [0.2, 0.25) is 5.95 Å². The van der Waals surface area contributed by atoms with Gasteiger partial charge in [-0.15, -0.1) is 0 Å². The van der Waals surface area contributed by atoms with Gasteiger partial charge in [-0.2, -0.15) is 5.26 Å². The lowest BCUT2D eigenvalue weighted by atomic mass is 10.0. The molecular weight excluding hydrogens is 286 g/mol. The number of hydrogen-bond donors (Lipinski definition) is 1. The Labute approximate surface area is 137 Å². The minimum Gasteiger partial charge on any atom is -0.371 e. The van der Waals surface area contributed by atoms with Crippen LogP contribution in [0.5, 0.6) is 0 Å². The van der Waals surface area contributed by atoms with Gasteiger partial charge in [0, 0.05) is 36.7 Å². The van der Waals surface area contributed by atoms with Crippen molar-refractivity contribution in [3.63, 3.8) is 0 Å². The van der Waals surface area contributed by atoms with Crippen LogP contribution in [-0.4, -0.2) is 29.1 Å². The second-order valence-corrected chi connectivity index (χ2v) is 5.93. The van der Waals surface area contributed by atoms with Gasteiger partial charge in [0.1, 0.15) is 0 Å². The normalized spacial score (nSPS) is 15.2. The minimum absolute atomic E-state index is 0.412. The molecule has 0 saturated carbocycles. The van der Waals surface area contributed by atoms with Crippen LogP contribution in [0.2, 0.25) is 0 Å². The molecule has 1 aromatic carbocycles. The molecule has 1 aliphatic rings. The third kappa shape index (κ3) is 3.98. The molecule has 118 valence electrons. The Balaban J connectivity index is 1.58. The smallest absolute Gasteiger partial charge is 0.223 e. The average molecular weight is 307 g/mol. The lowest BCUT2D eigenvalue weighted by Gasteiger charge is -2.34. The molecule has 0 spiro atoms. The van der Waals surface area contributed by atoms with E-state index in [1.165, 1.54) is 5.69 Å². The van der Waals surface area contributed by atoms with Gasteiger partial charge in [0.25, 0.3) is 0 Å². The predicted molar refractivity (Wildman–Crippen MR) is 91.4 cm³/mol. The standard InChI is InChI=1S/C18H21N5/c1-14-6-10-20-18(21-14)22-16-7-11-23(12-8-16)17-4-2-3-15(13-17)5-9-19/h2-4,6,10,13,16H,5,7-8,11-12H2,1H3,(H,20,21,22). The number of nitrogens with zero attached hydrogens (tertiary/aromatic N) is 4. The molecule has 0 unspecified atom stereocenters. The first kappa shape index (κ1) is 15.3. The fraction of sp³-hybridized carbons (Fsp3) is 0.389. The number of anilines is 2. The van der Waals surface area contributed by atoms with Crippen LogP contribution in [0.1, 0.15) is 24.1 Å². The van der Waals surface area contributed by atoms with Gasteiger partial charge >= 0.3 is 0 Å². The van der Waals surface area contributed by atoms with E-state index >= 15 is 0 Å². The number of aryl methyl sites for hydroxylation is 1. The molecule has 5 heteroatoms. The second kappa shape index (κ2) is 7.10. The van der Waals surface area contributed by atoms with Crippen LogP contribution in [0.3, 0.4) is 0 Å². The molecule has 3 rings (SSSR count). The van der Waals surface area contributed by atoms with Gasteiger partial charge in [-0.1, -0.05) is 12.1 Å². The molecule has 1 N–H and O–H groups in total. The van der Waals surface area contributed by atoms with Crippen LogP contribution in [0.25, 0.3) is 0 Å². The van der Waals surface area contributed by atoms with Crippen LogP contribution < -0.4 is 10.2 Å². The molecule has 1 fully saturated rings. The zero-order valence-corrected chi connectivity index (χ0v) is 13.4. The van der Waals surface area contributed by atoms with Crippen molar-refractivity contribution < 1.29 is 0 Å². The molecular formula is C18H21N5. The van der Waals surface area contributed by atoms with Gasteiger partial charge in [0.05, 0.1) is 12.5 Å². The van der Waals surface area contributed by atoms with Gasteiger partial charge in [-0.05, 0) is 43.5 Å². The lowest BCUT2D eigenvalue weighted by molar-refractivity contribution is 0.524. The van der Waals surface area contributed by atoms with E-state index in [1.54, 1.807) is 6.20 Å². The first-order valence-electron chi connectivity index (χ1n) is 8.01. The second-order valence-electron chi connectivity index (χ2n) is 5.93. The average Bonchev–Trinajstić information content (AvgIpc) is 2.56. The highest BCUT2D eigenvalue weighted by Crippen LogP contribution is 2.22. The molecule has 0 atom stereocenters. The van der Waals surface area contributed by atoms with E-state index in [0.29, 0.717) is 12.5 Å². The van der Waals surface area contributed by atoms with Crippen molar-refractivity contribution >= 4 is 11.6 Å². The van der Waals surface area contributed by atoms with Crippen LogP contribution >= 0.6 is 0 Å². The fourth-order valence-corrected chi connectivity index (χ4v) is 2.94. The number of nitriles is 1. The summed E-state index contributed by atoms with van der Waals surface area (Å²) < 4.78 is 0. The van der Waals surface area contributed by atoms with Crippen molar-refractivity contribution in [1.29, 1.82) is 5.26 Å². The molecule has 1 aromatic heterocycles. The monoisotopic (exact) mass is 307 g/mol. The maximum absolute atomic E-state index is 8.83. The molecule has 0 amide bonds. The van der Waals surface area contributed by atoms with Crippen molar-refractivity contribution in [3.8, 4) is 6.07 Å². The van der Waals surface area contributed by atoms with E-state index in [-0.39, 0.29) is 0 Å². The number of nitrogens with one attached hydrogen (secondary N) is 1. The Morgan fingerprint density at radius 3 is 2.87 bits per heavy atom. The topological polar surface area (TPSA) is 64.8 Å². The van der Waals surface area contributed by atoms with Crippen LogP contribution in [0.4, 0.5) is 11.6 Å². The van der Waals surface area contributed by atoms with Gasteiger partial charge < -0.3 is 10.2 Å². The summed E-state index contributed by atoms with van der Waals surface area (Å²) in [6, 6.07) is 12.8. The quantitative estimate of drug-likeness (QED) is 0.941. The predicted octanol–water partition coefficient (Wildman–Crippen LogP) is 2.93. The molecule has 2 heterocycles. The Morgan fingerprint density at radius 1 is 1.30 bits per heavy atom. The first-order valence-corrected chi connectivity index (χ1v) is 8.01. The molecule has 2 aromatic rings. The molecule has 23 heavy (non-hydrogen) atoms. The van der Waals surface area contributed by atoms with Crippen LogP contribution in [0.15, 0.2) is 36.5 Å². The number of piperidine rings is 1. The largest absolute Gasteiger partial charge is 0.371 e. The minimum atomic E-state index is 0.412. The van der Waals surface area contributed by atoms with Crippen molar-refractivity contribution in [2.75, 3.05) is 23.3 Å². The molecule has 0 bridgehead atoms. The third-order valence-corrected chi connectivity index (χ3v) is 4.18. The summed E-state index contributed by atoms with van der Waals surface area (Å²) in [5.74, 6) is 0.722. The Morgan fingerprint density at radius 2 is 2.13 bits per heavy atom. The van der Waals surface area contributed by atoms with Gasteiger partial charge in [0.15, 0.2) is 0 Å². The Bertz CT molecular complexity index is 699. The highest BCUT2D eigenvalue weighted by Gasteiger charge is 2.20. The summed E-state index contributed by atoms with van der Waals surface area (Å²) in [5.41, 5.74) is 3.27. The lowest BCUT2D eigenvalue weighted by Crippen LogP contribution is -2.39. The summed E-state index contributed by atoms with van der Waals surface area (Å²) in [4.78, 5) is 11.1. The molecule has 0 radical (unpaired) electrons. The highest BCUT2D eigenvalue weighted by atomic mass is 15.2. The van der Waals surface area contributed by atoms with E-state index < -0.39 is 0 Å². The van der Waals surface area contributed by atoms with Gasteiger partial charge in [-0.3, -0.25) is 0 Å². The maximum Gasteiger partial charge on any atom is 0.223 e. The van der Waals surface area contributed by atoms with E-state index in [2.05, 4.69) is 38.4 Å². The number of rotatable bonds is 4. The summed E-state index contributed by atoms with van der Waals surface area (Å²) in [6.45, 7) is 3.97. The summed E-state index contributed by atoms with van der Waals surface area (Å²) in [6.07, 6.45) is 4.37. The zero-order valence-electron chi connectivity index (χ0n) is 13.4. The Hall–Kier alpha value is -2.61. The number of benzene rings is 1. The Kier molecular flexibility index (Phi) is 4.72. The van der Waals surface area contributed by atoms with Crippen LogP contribution in [0, 0.1) is 18.3 Å². The van der Waals surface area contributed by atoms with Crippen LogP contribution in [-0.2, 0) is 6.42 Å². The summed E-state index contributed by atoms with van der Waals surface area (Å²) >= 11 is 0. The van der Waals surface area contributed by atoms with E-state index in [0.717, 1.165) is 43.1 Å². The number of hydrogen-bond acceptors (Lipinski definition) is 5. The van der Waals surface area contributed by atoms with Crippen molar-refractivity contribution in [3.05, 3.63) is 47.8 Å².